The van der Waals surface area contributed by atoms with E-state index in [0.717, 1.165) is 43.5 Å². The maximum absolute atomic E-state index is 4.73. The Labute approximate surface area is 195 Å². The molecule has 1 unspecified atom stereocenters. The Morgan fingerprint density at radius 2 is 1.97 bits per heavy atom. The normalized spacial score (nSPS) is 18.9. The molecule has 0 aliphatic carbocycles. The molecule has 170 valence electrons. The van der Waals surface area contributed by atoms with Crippen LogP contribution in [0.25, 0.3) is 5.70 Å². The lowest BCUT2D eigenvalue weighted by atomic mass is 9.91. The maximum atomic E-state index is 4.73. The number of anilines is 1. The fraction of sp³-hybridized carbons (Fsp3) is 0.417. The van der Waals surface area contributed by atoms with Crippen molar-refractivity contribution >= 4 is 36.8 Å². The predicted octanol–water partition coefficient (Wildman–Crippen LogP) is 3.78. The van der Waals surface area contributed by atoms with Crippen LogP contribution < -0.4 is 15.5 Å². The van der Waals surface area contributed by atoms with E-state index in [-0.39, 0.29) is 0 Å². The van der Waals surface area contributed by atoms with Crippen molar-refractivity contribution in [1.82, 2.24) is 20.6 Å². The van der Waals surface area contributed by atoms with Gasteiger partial charge in [0, 0.05) is 37.3 Å². The van der Waals surface area contributed by atoms with Gasteiger partial charge in [-0.1, -0.05) is 30.3 Å². The van der Waals surface area contributed by atoms with Gasteiger partial charge in [-0.2, -0.15) is 0 Å². The van der Waals surface area contributed by atoms with Crippen molar-refractivity contribution < 1.29 is 0 Å². The van der Waals surface area contributed by atoms with Gasteiger partial charge in [-0.05, 0) is 57.4 Å². The molecule has 0 radical (unpaired) electrons. The molecule has 1 aromatic heterocycles. The number of nitrogens with zero attached hydrogens (tertiary/aromatic N) is 5. The minimum atomic E-state index is 0.513. The highest BCUT2D eigenvalue weighted by Crippen LogP contribution is 2.29. The number of piperidine rings is 1. The average molecular weight is 452 g/mol. The Morgan fingerprint density at radius 3 is 2.62 bits per heavy atom. The van der Waals surface area contributed by atoms with Gasteiger partial charge >= 0.3 is 0 Å². The van der Waals surface area contributed by atoms with Crippen molar-refractivity contribution in [2.45, 2.75) is 25.2 Å². The summed E-state index contributed by atoms with van der Waals surface area (Å²) in [5.74, 6) is 1.85. The third-order valence-electron chi connectivity index (χ3n) is 5.37. The summed E-state index contributed by atoms with van der Waals surface area (Å²) < 4.78 is 0. The topological polar surface area (TPSA) is 77.8 Å². The van der Waals surface area contributed by atoms with Crippen molar-refractivity contribution in [3.05, 3.63) is 59.3 Å². The second-order valence-electron chi connectivity index (χ2n) is 7.65. The van der Waals surface area contributed by atoms with Crippen LogP contribution in [0.1, 0.15) is 36.4 Å². The van der Waals surface area contributed by atoms with Crippen LogP contribution in [0.15, 0.2) is 58.0 Å². The first-order valence-electron chi connectivity index (χ1n) is 11.1. The number of nitrogens with one attached hydrogen (secondary N) is 2. The van der Waals surface area contributed by atoms with Crippen LogP contribution in [-0.4, -0.2) is 62.1 Å². The Bertz CT molecular complexity index is 856. The van der Waals surface area contributed by atoms with Crippen molar-refractivity contribution in [3.63, 3.8) is 0 Å². The average Bonchev–Trinajstić information content (AvgIpc) is 2.89. The largest absolute Gasteiger partial charge is 0.340 e. The molecule has 1 atom stereocenters. The van der Waals surface area contributed by atoms with Crippen LogP contribution in [0.4, 0.5) is 5.95 Å². The van der Waals surface area contributed by atoms with Crippen LogP contribution in [0.5, 0.6) is 0 Å². The molecule has 2 aromatic rings. The third-order valence-corrected chi connectivity index (χ3v) is 6.09. The first-order valence-corrected chi connectivity index (χ1v) is 12.1. The van der Waals surface area contributed by atoms with E-state index in [4.69, 9.17) is 4.98 Å². The first-order chi connectivity index (χ1) is 15.8. The summed E-state index contributed by atoms with van der Waals surface area (Å²) >= 11 is 1.52. The summed E-state index contributed by atoms with van der Waals surface area (Å²) in [7, 11) is 0. The van der Waals surface area contributed by atoms with Crippen molar-refractivity contribution in [2.24, 2.45) is 9.98 Å². The summed E-state index contributed by atoms with van der Waals surface area (Å²) in [6.07, 6.45) is 5.40. The quantitative estimate of drug-likeness (QED) is 0.493. The molecule has 32 heavy (non-hydrogen) atoms. The smallest absolute Gasteiger partial charge is 0.225 e. The zero-order valence-corrected chi connectivity index (χ0v) is 19.4. The number of aliphatic imine (C=N–C) groups is 2. The van der Waals surface area contributed by atoms with Gasteiger partial charge in [0.15, 0.2) is 0 Å². The molecular formula is C24H33N7S. The first kappa shape index (κ1) is 24.1. The summed E-state index contributed by atoms with van der Waals surface area (Å²) in [5.41, 5.74) is 2.90. The molecule has 2 aliphatic heterocycles. The Balaban J connectivity index is 0.000000416. The van der Waals surface area contributed by atoms with Gasteiger partial charge in [0.05, 0.1) is 17.3 Å². The molecule has 2 aliphatic rings. The van der Waals surface area contributed by atoms with Gasteiger partial charge in [-0.3, -0.25) is 9.98 Å². The lowest BCUT2D eigenvalue weighted by molar-refractivity contribution is 0.496. The summed E-state index contributed by atoms with van der Waals surface area (Å²) in [6.45, 7) is 12.4. The summed E-state index contributed by atoms with van der Waals surface area (Å²) in [5, 5.41) is 8.26. The second-order valence-corrected chi connectivity index (χ2v) is 8.48. The summed E-state index contributed by atoms with van der Waals surface area (Å²) in [4.78, 5) is 19.4. The number of rotatable bonds is 7. The lowest BCUT2D eigenvalue weighted by Crippen LogP contribution is -2.37. The fourth-order valence-corrected chi connectivity index (χ4v) is 4.28. The highest BCUT2D eigenvalue weighted by molar-refractivity contribution is 8.02. The number of hydrogen-bond donors (Lipinski definition) is 2. The fourth-order valence-electron chi connectivity index (χ4n) is 3.75. The molecule has 2 N–H and O–H groups in total. The lowest BCUT2D eigenvalue weighted by Gasteiger charge is -2.33. The number of benzene rings is 1. The predicted molar refractivity (Wildman–Crippen MR) is 138 cm³/mol. The number of hydrogen-bond acceptors (Lipinski definition) is 8. The van der Waals surface area contributed by atoms with Gasteiger partial charge in [-0.25, -0.2) is 9.97 Å². The van der Waals surface area contributed by atoms with Crippen molar-refractivity contribution in [3.8, 4) is 0 Å². The van der Waals surface area contributed by atoms with E-state index in [9.17, 15) is 0 Å². The zero-order valence-electron chi connectivity index (χ0n) is 18.6. The van der Waals surface area contributed by atoms with Crippen LogP contribution in [-0.2, 0) is 0 Å². The van der Waals surface area contributed by atoms with Gasteiger partial charge < -0.3 is 15.5 Å². The molecule has 2 fully saturated rings. The van der Waals surface area contributed by atoms with E-state index in [1.165, 1.54) is 43.3 Å². The Kier molecular flexibility index (Phi) is 10.4. The molecule has 0 spiro atoms. The van der Waals surface area contributed by atoms with E-state index in [2.05, 4.69) is 74.3 Å². The SMILES string of the molecule is C1CNCNC1.C=NCS/C=C(\N=C)c1ccnc(N2CCCC(c3ccccc3)C2)n1. The van der Waals surface area contributed by atoms with Gasteiger partial charge in [0.25, 0.3) is 0 Å². The van der Waals surface area contributed by atoms with E-state index in [0.29, 0.717) is 11.8 Å². The molecule has 0 saturated carbocycles. The van der Waals surface area contributed by atoms with Crippen molar-refractivity contribution in [2.75, 3.05) is 43.6 Å². The van der Waals surface area contributed by atoms with Crippen LogP contribution >= 0.6 is 11.8 Å². The van der Waals surface area contributed by atoms with Gasteiger partial charge in [0.2, 0.25) is 5.95 Å². The van der Waals surface area contributed by atoms with Gasteiger partial charge in [-0.15, -0.1) is 11.8 Å². The molecular weight excluding hydrogens is 418 g/mol. The van der Waals surface area contributed by atoms with Gasteiger partial charge in [0.1, 0.15) is 0 Å². The Morgan fingerprint density at radius 1 is 1.16 bits per heavy atom. The standard InChI is InChI=1S/C20H23N5S.C4H10N2/c1-21-15-26-14-19(22-2)18-10-11-23-20(24-18)25-12-6-9-17(13-25)16-7-4-3-5-8-16;1-2-5-4-6-3-1/h3-5,7-8,10-11,14,17H,1-2,6,9,12-13,15H2;5-6H,1-4H2/b19-14-;. The monoisotopic (exact) mass is 451 g/mol. The second kappa shape index (κ2) is 13.8. The minimum Gasteiger partial charge on any atom is -0.340 e. The molecule has 7 nitrogen and oxygen atoms in total. The maximum Gasteiger partial charge on any atom is 0.225 e. The number of thioether (sulfide) groups is 1. The molecule has 0 amide bonds. The molecule has 8 heteroatoms. The highest BCUT2D eigenvalue weighted by atomic mass is 32.2. The molecule has 4 rings (SSSR count). The summed E-state index contributed by atoms with van der Waals surface area (Å²) in [6, 6.07) is 12.6. The molecule has 3 heterocycles. The minimum absolute atomic E-state index is 0.513. The zero-order chi connectivity index (χ0) is 22.4. The van der Waals surface area contributed by atoms with E-state index in [1.54, 1.807) is 6.20 Å². The molecule has 2 saturated heterocycles. The van der Waals surface area contributed by atoms with E-state index >= 15 is 0 Å². The third kappa shape index (κ3) is 7.55. The van der Waals surface area contributed by atoms with Crippen LogP contribution in [0, 0.1) is 0 Å². The molecule has 0 bridgehead atoms. The molecule has 1 aromatic carbocycles. The van der Waals surface area contributed by atoms with Crippen LogP contribution in [0.2, 0.25) is 0 Å². The van der Waals surface area contributed by atoms with Crippen molar-refractivity contribution in [1.29, 1.82) is 0 Å². The van der Waals surface area contributed by atoms with Crippen LogP contribution in [0.3, 0.4) is 0 Å². The number of aromatic nitrogens is 2. The highest BCUT2D eigenvalue weighted by Gasteiger charge is 2.23. The van der Waals surface area contributed by atoms with E-state index in [1.807, 2.05) is 11.5 Å². The Hall–Kier alpha value is -2.55. The van der Waals surface area contributed by atoms with E-state index < -0.39 is 0 Å².